The lowest BCUT2D eigenvalue weighted by Crippen LogP contribution is -2.42. The van der Waals surface area contributed by atoms with Gasteiger partial charge in [0.05, 0.1) is 12.7 Å². The molecule has 1 aromatic rings. The van der Waals surface area contributed by atoms with Gasteiger partial charge in [0.1, 0.15) is 0 Å². The topological polar surface area (TPSA) is 34.5 Å². The van der Waals surface area contributed by atoms with Crippen LogP contribution in [0.1, 0.15) is 12.6 Å². The zero-order chi connectivity index (χ0) is 11.5. The maximum absolute atomic E-state index is 11.5. The van der Waals surface area contributed by atoms with E-state index in [1.165, 1.54) is 11.3 Å². The van der Waals surface area contributed by atoms with E-state index in [0.717, 1.165) is 38.5 Å². The van der Waals surface area contributed by atoms with Crippen LogP contribution in [0, 0.1) is 6.92 Å². The highest BCUT2D eigenvalue weighted by atomic mass is 32.1. The molecule has 0 aromatic carbocycles. The molecule has 90 valence electrons. The summed E-state index contributed by atoms with van der Waals surface area (Å²) in [5.41, 5.74) is 1.07. The monoisotopic (exact) mass is 242 g/mol. The Morgan fingerprint density at radius 2 is 2.38 bits per heavy atom. The van der Waals surface area contributed by atoms with Crippen molar-refractivity contribution in [1.29, 1.82) is 0 Å². The molecular formula is C11H18N2O2S. The number of ether oxygens (including phenoxy) is 1. The molecule has 1 aliphatic rings. The maximum atomic E-state index is 11.5. The van der Waals surface area contributed by atoms with E-state index in [0.29, 0.717) is 6.10 Å². The predicted octanol–water partition coefficient (Wildman–Crippen LogP) is 0.939. The van der Waals surface area contributed by atoms with Gasteiger partial charge in [0.15, 0.2) is 0 Å². The average molecular weight is 242 g/mol. The second-order valence-electron chi connectivity index (χ2n) is 4.28. The molecular weight excluding hydrogens is 224 g/mol. The molecule has 1 atom stereocenters. The van der Waals surface area contributed by atoms with Gasteiger partial charge in [-0.05, 0) is 13.8 Å². The maximum Gasteiger partial charge on any atom is 0.307 e. The van der Waals surface area contributed by atoms with E-state index >= 15 is 0 Å². The van der Waals surface area contributed by atoms with E-state index in [2.05, 4.69) is 11.8 Å². The van der Waals surface area contributed by atoms with Crippen molar-refractivity contribution in [2.45, 2.75) is 26.5 Å². The largest absolute Gasteiger partial charge is 0.376 e. The second-order valence-corrected chi connectivity index (χ2v) is 5.10. The first-order valence-corrected chi connectivity index (χ1v) is 6.53. The zero-order valence-electron chi connectivity index (χ0n) is 9.81. The lowest BCUT2D eigenvalue weighted by Gasteiger charge is -2.31. The molecule has 1 fully saturated rings. The molecule has 16 heavy (non-hydrogen) atoms. The Kier molecular flexibility index (Phi) is 3.78. The molecule has 2 heterocycles. The smallest absolute Gasteiger partial charge is 0.307 e. The molecule has 0 saturated carbocycles. The van der Waals surface area contributed by atoms with Crippen LogP contribution >= 0.6 is 11.3 Å². The summed E-state index contributed by atoms with van der Waals surface area (Å²) in [4.78, 5) is 14.0. The minimum absolute atomic E-state index is 0.152. The molecule has 0 aliphatic carbocycles. The number of aryl methyl sites for hydroxylation is 1. The number of hydrogen-bond donors (Lipinski definition) is 0. The fourth-order valence-corrected chi connectivity index (χ4v) is 2.77. The Hall–Kier alpha value is -0.650. The van der Waals surface area contributed by atoms with Gasteiger partial charge in [-0.1, -0.05) is 11.3 Å². The molecule has 0 bridgehead atoms. The summed E-state index contributed by atoms with van der Waals surface area (Å²) in [5, 5.41) is 1.92. The number of morpholine rings is 1. The minimum atomic E-state index is 0.152. The molecule has 1 aliphatic heterocycles. The number of thiazole rings is 1. The van der Waals surface area contributed by atoms with Crippen molar-refractivity contribution in [3.05, 3.63) is 20.7 Å². The first-order chi connectivity index (χ1) is 7.66. The summed E-state index contributed by atoms with van der Waals surface area (Å²) in [7, 11) is 0. The first-order valence-electron chi connectivity index (χ1n) is 5.65. The van der Waals surface area contributed by atoms with Crippen molar-refractivity contribution < 1.29 is 4.74 Å². The van der Waals surface area contributed by atoms with Gasteiger partial charge in [0.2, 0.25) is 0 Å². The SMILES string of the molecule is Cc1csc(=O)n1CCN1CCO[C@H](C)C1. The van der Waals surface area contributed by atoms with Crippen LogP contribution in [-0.2, 0) is 11.3 Å². The summed E-state index contributed by atoms with van der Waals surface area (Å²) < 4.78 is 7.34. The van der Waals surface area contributed by atoms with Crippen LogP contribution in [0.15, 0.2) is 10.2 Å². The molecule has 1 aromatic heterocycles. The number of nitrogens with zero attached hydrogens (tertiary/aromatic N) is 2. The van der Waals surface area contributed by atoms with E-state index in [1.54, 1.807) is 0 Å². The highest BCUT2D eigenvalue weighted by Gasteiger charge is 2.16. The summed E-state index contributed by atoms with van der Waals surface area (Å²) in [6, 6.07) is 0. The lowest BCUT2D eigenvalue weighted by molar-refractivity contribution is -0.0192. The van der Waals surface area contributed by atoms with Crippen LogP contribution in [0.4, 0.5) is 0 Å². The normalized spacial score (nSPS) is 22.5. The molecule has 0 amide bonds. The van der Waals surface area contributed by atoms with Crippen molar-refractivity contribution in [3.8, 4) is 0 Å². The Morgan fingerprint density at radius 1 is 1.56 bits per heavy atom. The van der Waals surface area contributed by atoms with E-state index in [4.69, 9.17) is 4.74 Å². The van der Waals surface area contributed by atoms with Crippen molar-refractivity contribution >= 4 is 11.3 Å². The van der Waals surface area contributed by atoms with Crippen molar-refractivity contribution in [2.24, 2.45) is 0 Å². The van der Waals surface area contributed by atoms with Gasteiger partial charge in [-0.25, -0.2) is 0 Å². The molecule has 0 spiro atoms. The van der Waals surface area contributed by atoms with Gasteiger partial charge in [-0.2, -0.15) is 0 Å². The third-order valence-corrected chi connectivity index (χ3v) is 3.82. The van der Waals surface area contributed by atoms with Gasteiger partial charge < -0.3 is 9.30 Å². The van der Waals surface area contributed by atoms with Gasteiger partial charge in [0.25, 0.3) is 0 Å². The van der Waals surface area contributed by atoms with Gasteiger partial charge in [-0.3, -0.25) is 9.69 Å². The minimum Gasteiger partial charge on any atom is -0.376 e. The van der Waals surface area contributed by atoms with Crippen LogP contribution in [0.25, 0.3) is 0 Å². The quantitative estimate of drug-likeness (QED) is 0.791. The fourth-order valence-electron chi connectivity index (χ4n) is 2.01. The fraction of sp³-hybridized carbons (Fsp3) is 0.727. The summed E-state index contributed by atoms with van der Waals surface area (Å²) in [6.45, 7) is 8.55. The molecule has 2 rings (SSSR count). The second kappa shape index (κ2) is 5.12. The van der Waals surface area contributed by atoms with Crippen LogP contribution in [0.3, 0.4) is 0 Å². The Balaban J connectivity index is 1.90. The van der Waals surface area contributed by atoms with Crippen molar-refractivity contribution in [1.82, 2.24) is 9.47 Å². The van der Waals surface area contributed by atoms with Crippen LogP contribution in [0.2, 0.25) is 0 Å². The number of rotatable bonds is 3. The molecule has 1 saturated heterocycles. The number of hydrogen-bond acceptors (Lipinski definition) is 4. The van der Waals surface area contributed by atoms with Gasteiger partial charge in [0, 0.05) is 37.3 Å². The molecule has 0 unspecified atom stereocenters. The van der Waals surface area contributed by atoms with E-state index < -0.39 is 0 Å². The molecule has 0 radical (unpaired) electrons. The van der Waals surface area contributed by atoms with Crippen LogP contribution in [0.5, 0.6) is 0 Å². The lowest BCUT2D eigenvalue weighted by atomic mass is 10.3. The predicted molar refractivity (Wildman–Crippen MR) is 65.2 cm³/mol. The highest BCUT2D eigenvalue weighted by molar-refractivity contribution is 7.07. The van der Waals surface area contributed by atoms with E-state index in [1.807, 2.05) is 16.9 Å². The van der Waals surface area contributed by atoms with Crippen molar-refractivity contribution in [3.63, 3.8) is 0 Å². The molecule has 5 heteroatoms. The zero-order valence-corrected chi connectivity index (χ0v) is 10.6. The summed E-state index contributed by atoms with van der Waals surface area (Å²) >= 11 is 1.28. The van der Waals surface area contributed by atoms with Crippen LogP contribution < -0.4 is 4.87 Å². The Morgan fingerprint density at radius 3 is 3.00 bits per heavy atom. The number of aromatic nitrogens is 1. The Labute approximate surface area is 99.4 Å². The average Bonchev–Trinajstić information content (AvgIpc) is 2.56. The van der Waals surface area contributed by atoms with Crippen molar-refractivity contribution in [2.75, 3.05) is 26.2 Å². The van der Waals surface area contributed by atoms with Gasteiger partial charge in [-0.15, -0.1) is 0 Å². The molecule has 4 nitrogen and oxygen atoms in total. The first kappa shape index (κ1) is 11.8. The van der Waals surface area contributed by atoms with E-state index in [9.17, 15) is 4.79 Å². The summed E-state index contributed by atoms with van der Waals surface area (Å²) in [6.07, 6.45) is 0.314. The summed E-state index contributed by atoms with van der Waals surface area (Å²) in [5.74, 6) is 0. The molecule has 0 N–H and O–H groups in total. The van der Waals surface area contributed by atoms with Gasteiger partial charge >= 0.3 is 4.87 Å². The Bertz CT molecular complexity index is 399. The third-order valence-electron chi connectivity index (χ3n) is 2.94. The highest BCUT2D eigenvalue weighted by Crippen LogP contribution is 2.05. The third kappa shape index (κ3) is 2.72. The van der Waals surface area contributed by atoms with E-state index in [-0.39, 0.29) is 4.87 Å². The van der Waals surface area contributed by atoms with Crippen LogP contribution in [-0.4, -0.2) is 41.8 Å². The standard InChI is InChI=1S/C11H18N2O2S/c1-9-8-16-11(14)13(9)4-3-12-5-6-15-10(2)7-12/h8,10H,3-7H2,1-2H3/t10-/m1/s1.